The van der Waals surface area contributed by atoms with Gasteiger partial charge in [-0.05, 0) is 6.42 Å². The third-order valence-corrected chi connectivity index (χ3v) is 0.978. The summed E-state index contributed by atoms with van der Waals surface area (Å²) in [4.78, 5) is 0. The van der Waals surface area contributed by atoms with Crippen LogP contribution < -0.4 is 0 Å². The molecule has 1 unspecified atom stereocenters. The zero-order chi connectivity index (χ0) is 9.02. The quantitative estimate of drug-likeness (QED) is 0.439. The Kier molecular flexibility index (Phi) is 4.00. The topological polar surface area (TPSA) is 0 Å². The van der Waals surface area contributed by atoms with E-state index in [2.05, 4.69) is 6.58 Å². The summed E-state index contributed by atoms with van der Waals surface area (Å²) in [6.45, 7) is 4.10. The van der Waals surface area contributed by atoms with E-state index in [1.165, 1.54) is 6.92 Å². The number of allylic oxidation sites excluding steroid dienone is 3. The molecule has 0 spiro atoms. The molecule has 0 fully saturated rings. The predicted molar refractivity (Wildman–Crippen MR) is 39.3 cm³/mol. The van der Waals surface area contributed by atoms with Crippen molar-refractivity contribution in [2.75, 3.05) is 0 Å². The van der Waals surface area contributed by atoms with Gasteiger partial charge in [0.25, 0.3) is 0 Å². The molecule has 0 amide bonds. The van der Waals surface area contributed by atoms with Crippen LogP contribution in [-0.2, 0) is 0 Å². The largest absolute Gasteiger partial charge is 0.209 e. The summed E-state index contributed by atoms with van der Waals surface area (Å²) in [6.07, 6.45) is -0.311. The molecular formula is C7H8BF3. The lowest BCUT2D eigenvalue weighted by atomic mass is 9.86. The van der Waals surface area contributed by atoms with Crippen LogP contribution >= 0.6 is 0 Å². The Hall–Kier alpha value is -0.665. The maximum Gasteiger partial charge on any atom is 0.189 e. The van der Waals surface area contributed by atoms with E-state index in [0.717, 1.165) is 0 Å². The van der Waals surface area contributed by atoms with Crippen LogP contribution in [0.3, 0.4) is 0 Å². The van der Waals surface area contributed by atoms with E-state index in [1.54, 1.807) is 0 Å². The molecule has 0 bridgehead atoms. The first-order valence-electron chi connectivity index (χ1n) is 3.09. The average Bonchev–Trinajstić information content (AvgIpc) is 1.84. The number of rotatable bonds is 3. The van der Waals surface area contributed by atoms with Crippen molar-refractivity contribution >= 4 is 7.85 Å². The molecule has 0 heterocycles. The zero-order valence-electron chi connectivity index (χ0n) is 6.20. The second kappa shape index (κ2) is 4.26. The van der Waals surface area contributed by atoms with Gasteiger partial charge < -0.3 is 0 Å². The molecule has 0 aromatic carbocycles. The van der Waals surface area contributed by atoms with Crippen molar-refractivity contribution in [3.8, 4) is 0 Å². The summed E-state index contributed by atoms with van der Waals surface area (Å²) < 4.78 is 36.6. The molecule has 0 aromatic heterocycles. The molecule has 1 atom stereocenters. The molecule has 0 nitrogen and oxygen atoms in total. The lowest BCUT2D eigenvalue weighted by molar-refractivity contribution is 0.476. The van der Waals surface area contributed by atoms with Crippen LogP contribution in [0.25, 0.3) is 0 Å². The van der Waals surface area contributed by atoms with Gasteiger partial charge in [-0.3, -0.25) is 0 Å². The van der Waals surface area contributed by atoms with Gasteiger partial charge in [-0.2, -0.15) is 0 Å². The van der Waals surface area contributed by atoms with E-state index in [0.29, 0.717) is 0 Å². The summed E-state index contributed by atoms with van der Waals surface area (Å²) >= 11 is 0. The van der Waals surface area contributed by atoms with Crippen LogP contribution in [0.1, 0.15) is 13.3 Å². The molecule has 60 valence electrons. The highest BCUT2D eigenvalue weighted by Gasteiger charge is 2.10. The fourth-order valence-corrected chi connectivity index (χ4v) is 0.519. The highest BCUT2D eigenvalue weighted by atomic mass is 19.2. The van der Waals surface area contributed by atoms with Crippen molar-refractivity contribution in [2.45, 2.75) is 19.2 Å². The molecule has 0 N–H and O–H groups in total. The third kappa shape index (κ3) is 3.91. The Morgan fingerprint density at radius 1 is 1.45 bits per heavy atom. The summed E-state index contributed by atoms with van der Waals surface area (Å²) in [6, 6.07) is 0. The van der Waals surface area contributed by atoms with Crippen LogP contribution in [-0.4, -0.2) is 7.85 Å². The smallest absolute Gasteiger partial charge is 0.189 e. The second-order valence-corrected chi connectivity index (χ2v) is 2.31. The second-order valence-electron chi connectivity index (χ2n) is 2.31. The van der Waals surface area contributed by atoms with Crippen molar-refractivity contribution in [3.05, 3.63) is 24.1 Å². The summed E-state index contributed by atoms with van der Waals surface area (Å²) in [5.41, 5.74) is 0. The monoisotopic (exact) mass is 160 g/mol. The summed E-state index contributed by atoms with van der Waals surface area (Å²) in [5.74, 6) is -4.65. The van der Waals surface area contributed by atoms with E-state index in [9.17, 15) is 13.2 Å². The van der Waals surface area contributed by atoms with E-state index in [-0.39, 0.29) is 6.42 Å². The molecule has 0 aliphatic rings. The fraction of sp³-hybridized carbons (Fsp3) is 0.429. The molecule has 4 heteroatoms. The lowest BCUT2D eigenvalue weighted by Crippen LogP contribution is -1.88. The Balaban J connectivity index is 4.28. The van der Waals surface area contributed by atoms with Crippen molar-refractivity contribution in [3.63, 3.8) is 0 Å². The van der Waals surface area contributed by atoms with Gasteiger partial charge in [-0.15, -0.1) is 0 Å². The van der Waals surface area contributed by atoms with Gasteiger partial charge in [0.1, 0.15) is 5.83 Å². The Morgan fingerprint density at radius 2 is 1.91 bits per heavy atom. The minimum absolute atomic E-state index is 0.311. The van der Waals surface area contributed by atoms with Gasteiger partial charge >= 0.3 is 0 Å². The molecule has 0 saturated heterocycles. The van der Waals surface area contributed by atoms with Gasteiger partial charge in [0.05, 0.1) is 7.85 Å². The number of hydrogen-bond donors (Lipinski definition) is 0. The fourth-order valence-electron chi connectivity index (χ4n) is 0.519. The van der Waals surface area contributed by atoms with Crippen LogP contribution in [0.15, 0.2) is 24.1 Å². The first-order valence-corrected chi connectivity index (χ1v) is 3.09. The van der Waals surface area contributed by atoms with Gasteiger partial charge in [-0.25, -0.2) is 13.2 Å². The molecule has 0 aromatic rings. The molecule has 0 saturated carbocycles. The van der Waals surface area contributed by atoms with Crippen molar-refractivity contribution in [1.29, 1.82) is 0 Å². The minimum atomic E-state index is -1.54. The van der Waals surface area contributed by atoms with Crippen LogP contribution in [0.2, 0.25) is 5.82 Å². The molecular weight excluding hydrogens is 152 g/mol. The van der Waals surface area contributed by atoms with E-state index < -0.39 is 23.3 Å². The van der Waals surface area contributed by atoms with Gasteiger partial charge in [0, 0.05) is 0 Å². The molecule has 11 heavy (non-hydrogen) atoms. The maximum absolute atomic E-state index is 12.4. The Bertz CT molecular complexity index is 184. The molecule has 0 rings (SSSR count). The molecule has 0 aliphatic carbocycles. The molecule has 2 radical (unpaired) electrons. The molecule has 0 aliphatic heterocycles. The standard InChI is InChI=1S/C7H8BF3/c1-4(8)3-6(10)7(11)5(2)9/h4H,2-3H2,1H3/b7-6-. The van der Waals surface area contributed by atoms with Gasteiger partial charge in [0.2, 0.25) is 0 Å². The van der Waals surface area contributed by atoms with Crippen LogP contribution in [0.5, 0.6) is 0 Å². The van der Waals surface area contributed by atoms with E-state index >= 15 is 0 Å². The first-order chi connectivity index (χ1) is 4.95. The highest BCUT2D eigenvalue weighted by Crippen LogP contribution is 2.23. The number of hydrogen-bond acceptors (Lipinski definition) is 0. The van der Waals surface area contributed by atoms with Gasteiger partial charge in [0.15, 0.2) is 11.7 Å². The van der Waals surface area contributed by atoms with Crippen molar-refractivity contribution in [1.82, 2.24) is 0 Å². The maximum atomic E-state index is 12.4. The normalized spacial score (nSPS) is 15.6. The summed E-state index contributed by atoms with van der Waals surface area (Å²) in [7, 11) is 5.14. The van der Waals surface area contributed by atoms with E-state index in [1.807, 2.05) is 0 Å². The zero-order valence-corrected chi connectivity index (χ0v) is 6.20. The SMILES string of the molecule is [B]C(C)C/C(F)=C(/F)C(=C)F. The van der Waals surface area contributed by atoms with Crippen LogP contribution in [0.4, 0.5) is 13.2 Å². The Labute approximate surface area is 65.2 Å². The highest BCUT2D eigenvalue weighted by molar-refractivity contribution is 6.11. The van der Waals surface area contributed by atoms with Crippen molar-refractivity contribution < 1.29 is 13.2 Å². The lowest BCUT2D eigenvalue weighted by Gasteiger charge is -2.01. The third-order valence-electron chi connectivity index (χ3n) is 0.978. The first kappa shape index (κ1) is 10.3. The Morgan fingerprint density at radius 3 is 2.18 bits per heavy atom. The van der Waals surface area contributed by atoms with Crippen LogP contribution in [0, 0.1) is 0 Å². The minimum Gasteiger partial charge on any atom is -0.209 e. The number of halogens is 3. The van der Waals surface area contributed by atoms with Crippen molar-refractivity contribution in [2.24, 2.45) is 0 Å². The van der Waals surface area contributed by atoms with Gasteiger partial charge in [-0.1, -0.05) is 19.3 Å². The van der Waals surface area contributed by atoms with E-state index in [4.69, 9.17) is 7.85 Å². The average molecular weight is 160 g/mol. The summed E-state index contributed by atoms with van der Waals surface area (Å²) in [5, 5.41) is 0. The predicted octanol–water partition coefficient (Wildman–Crippen LogP) is 2.99.